The van der Waals surface area contributed by atoms with E-state index in [9.17, 15) is 19.2 Å². The van der Waals surface area contributed by atoms with Crippen molar-refractivity contribution in [3.05, 3.63) is 58.9 Å². The third-order valence-corrected chi connectivity index (χ3v) is 7.14. The third kappa shape index (κ3) is 4.87. The summed E-state index contributed by atoms with van der Waals surface area (Å²) in [5.41, 5.74) is 1.76. The normalized spacial score (nSPS) is 16.9. The van der Waals surface area contributed by atoms with Crippen molar-refractivity contribution < 1.29 is 23.9 Å². The monoisotopic (exact) mass is 508 g/mol. The van der Waals surface area contributed by atoms with Crippen molar-refractivity contribution in [3.8, 4) is 5.75 Å². The summed E-state index contributed by atoms with van der Waals surface area (Å²) in [6.07, 6.45) is -0.950. The highest BCUT2D eigenvalue weighted by molar-refractivity contribution is 8.00. The number of anilines is 2. The smallest absolute Gasteiger partial charge is 0.414 e. The maximum absolute atomic E-state index is 12.5. The Bertz CT molecular complexity index is 1420. The van der Waals surface area contributed by atoms with Crippen LogP contribution in [0.2, 0.25) is 0 Å². The Balaban J connectivity index is 1.18. The molecule has 0 bridgehead atoms. The van der Waals surface area contributed by atoms with Crippen LogP contribution in [0.25, 0.3) is 10.9 Å². The van der Waals surface area contributed by atoms with Gasteiger partial charge in [0.05, 0.1) is 37.2 Å². The fourth-order valence-corrected chi connectivity index (χ4v) is 5.02. The first-order chi connectivity index (χ1) is 17.4. The van der Waals surface area contributed by atoms with E-state index in [1.807, 2.05) is 24.3 Å². The molecule has 1 fully saturated rings. The van der Waals surface area contributed by atoms with Crippen LogP contribution in [0.5, 0.6) is 5.75 Å². The summed E-state index contributed by atoms with van der Waals surface area (Å²) in [4.78, 5) is 51.5. The number of hydrogen-bond donors (Lipinski definition) is 2. The molecule has 0 spiro atoms. The quantitative estimate of drug-likeness (QED) is 0.504. The van der Waals surface area contributed by atoms with Gasteiger partial charge in [0.25, 0.3) is 5.56 Å². The number of fused-ring (bicyclic) bond motifs is 2. The van der Waals surface area contributed by atoms with Crippen LogP contribution in [0.4, 0.5) is 16.2 Å². The Morgan fingerprint density at radius 1 is 1.17 bits per heavy atom. The van der Waals surface area contributed by atoms with Crippen molar-refractivity contribution in [2.75, 3.05) is 36.2 Å². The molecule has 2 aliphatic heterocycles. The molecule has 0 unspecified atom stereocenters. The summed E-state index contributed by atoms with van der Waals surface area (Å²) in [6, 6.07) is 14.1. The highest BCUT2D eigenvalue weighted by atomic mass is 32.2. The van der Waals surface area contributed by atoms with Gasteiger partial charge in [0.15, 0.2) is 0 Å². The summed E-state index contributed by atoms with van der Waals surface area (Å²) in [5, 5.41) is 6.47. The summed E-state index contributed by atoms with van der Waals surface area (Å²) < 4.78 is 12.2. The van der Waals surface area contributed by atoms with Gasteiger partial charge in [0, 0.05) is 35.7 Å². The van der Waals surface area contributed by atoms with Crippen LogP contribution in [0, 0.1) is 0 Å². The van der Waals surface area contributed by atoms with Gasteiger partial charge >= 0.3 is 6.09 Å². The molecule has 2 aliphatic rings. The first-order valence-corrected chi connectivity index (χ1v) is 12.4. The lowest BCUT2D eigenvalue weighted by Gasteiger charge is -2.20. The first kappa shape index (κ1) is 23.7. The molecular weight excluding hydrogens is 484 g/mol. The number of aromatic nitrogens is 1. The van der Waals surface area contributed by atoms with Gasteiger partial charge in [-0.3, -0.25) is 19.3 Å². The number of amides is 3. The van der Waals surface area contributed by atoms with E-state index >= 15 is 0 Å². The Morgan fingerprint density at radius 3 is 2.83 bits per heavy atom. The summed E-state index contributed by atoms with van der Waals surface area (Å²) in [5.74, 6) is 0.645. The molecule has 1 aromatic heterocycles. The molecule has 10 nitrogen and oxygen atoms in total. The Labute approximate surface area is 210 Å². The largest absolute Gasteiger partial charge is 0.497 e. The standard InChI is InChI=1S/C25H24N4O6S/c1-34-17-5-2-15-3-7-24(32)28(20(15)11-17)9-8-22(30)26-12-18-13-29(25(33)35-18)16-4-6-21-19(10-16)27-23(31)14-36-21/h2-7,10-11,18H,8-9,12-14H2,1H3,(H,26,30)(H,27,31)/t18-/m1/s1. The number of rotatable bonds is 7. The van der Waals surface area contributed by atoms with Crippen molar-refractivity contribution in [1.82, 2.24) is 9.88 Å². The second kappa shape index (κ2) is 9.94. The predicted molar refractivity (Wildman–Crippen MR) is 136 cm³/mol. The lowest BCUT2D eigenvalue weighted by atomic mass is 10.2. The number of cyclic esters (lactones) is 1. The minimum absolute atomic E-state index is 0.0841. The van der Waals surface area contributed by atoms with E-state index in [4.69, 9.17) is 9.47 Å². The molecule has 3 aromatic rings. The number of thioether (sulfide) groups is 1. The molecule has 0 aliphatic carbocycles. The molecule has 186 valence electrons. The minimum atomic E-state index is -0.522. The van der Waals surface area contributed by atoms with Crippen molar-refractivity contribution in [2.24, 2.45) is 0 Å². The highest BCUT2D eigenvalue weighted by Gasteiger charge is 2.33. The molecule has 2 N–H and O–H groups in total. The molecule has 36 heavy (non-hydrogen) atoms. The molecule has 0 radical (unpaired) electrons. The summed E-state index contributed by atoms with van der Waals surface area (Å²) >= 11 is 1.45. The molecule has 0 saturated carbocycles. The number of carbonyl (C=O) groups excluding carboxylic acids is 3. The minimum Gasteiger partial charge on any atom is -0.497 e. The number of methoxy groups -OCH3 is 1. The van der Waals surface area contributed by atoms with E-state index in [2.05, 4.69) is 10.6 Å². The fourth-order valence-electron chi connectivity index (χ4n) is 4.23. The average molecular weight is 509 g/mol. The predicted octanol–water partition coefficient (Wildman–Crippen LogP) is 2.59. The number of nitrogens with one attached hydrogen (secondary N) is 2. The van der Waals surface area contributed by atoms with Crippen LogP contribution in [-0.2, 0) is 20.9 Å². The molecule has 3 amide bonds. The number of ether oxygens (including phenoxy) is 2. The molecule has 1 atom stereocenters. The van der Waals surface area contributed by atoms with Crippen LogP contribution in [-0.4, -0.2) is 54.5 Å². The maximum atomic E-state index is 12.5. The van der Waals surface area contributed by atoms with Gasteiger partial charge in [-0.2, -0.15) is 0 Å². The molecular formula is C25H24N4O6S. The van der Waals surface area contributed by atoms with Gasteiger partial charge in [-0.05, 0) is 41.8 Å². The van der Waals surface area contributed by atoms with Crippen molar-refractivity contribution in [3.63, 3.8) is 0 Å². The SMILES string of the molecule is COc1ccc2ccc(=O)n(CCC(=O)NC[C@@H]3CN(c4ccc5c(c4)NC(=O)CS5)C(=O)O3)c2c1. The second-order valence-electron chi connectivity index (χ2n) is 8.44. The number of nitrogens with zero attached hydrogens (tertiary/aromatic N) is 2. The van der Waals surface area contributed by atoms with Gasteiger partial charge in [-0.25, -0.2) is 4.79 Å². The lowest BCUT2D eigenvalue weighted by Crippen LogP contribution is -2.35. The van der Waals surface area contributed by atoms with Gasteiger partial charge in [0.2, 0.25) is 11.8 Å². The molecule has 11 heteroatoms. The van der Waals surface area contributed by atoms with E-state index in [1.54, 1.807) is 29.9 Å². The van der Waals surface area contributed by atoms with Crippen molar-refractivity contribution in [2.45, 2.75) is 24.0 Å². The topological polar surface area (TPSA) is 119 Å². The zero-order valence-electron chi connectivity index (χ0n) is 19.5. The molecule has 2 aromatic carbocycles. The van der Waals surface area contributed by atoms with Crippen LogP contribution >= 0.6 is 11.8 Å². The number of carbonyl (C=O) groups is 3. The van der Waals surface area contributed by atoms with Gasteiger partial charge in [0.1, 0.15) is 11.9 Å². The van der Waals surface area contributed by atoms with Gasteiger partial charge in [-0.15, -0.1) is 11.8 Å². The van der Waals surface area contributed by atoms with Crippen molar-refractivity contribution >= 4 is 51.9 Å². The Kier molecular flexibility index (Phi) is 6.55. The Hall–Kier alpha value is -3.99. The number of pyridine rings is 1. The van der Waals surface area contributed by atoms with Crippen LogP contribution in [0.15, 0.2) is 58.2 Å². The number of aryl methyl sites for hydroxylation is 1. The van der Waals surface area contributed by atoms with Crippen molar-refractivity contribution in [1.29, 1.82) is 0 Å². The fraction of sp³-hybridized carbons (Fsp3) is 0.280. The maximum Gasteiger partial charge on any atom is 0.414 e. The van der Waals surface area contributed by atoms with Crippen LogP contribution in [0.3, 0.4) is 0 Å². The first-order valence-electron chi connectivity index (χ1n) is 11.4. The average Bonchev–Trinajstić information content (AvgIpc) is 3.26. The van der Waals surface area contributed by atoms with Crippen LogP contribution < -0.4 is 25.8 Å². The van der Waals surface area contributed by atoms with E-state index in [0.717, 1.165) is 10.3 Å². The third-order valence-electron chi connectivity index (χ3n) is 6.07. The highest BCUT2D eigenvalue weighted by Crippen LogP contribution is 2.35. The van der Waals surface area contributed by atoms with E-state index in [1.165, 1.54) is 22.7 Å². The van der Waals surface area contributed by atoms with Gasteiger partial charge < -0.3 is 24.7 Å². The number of benzene rings is 2. The van der Waals surface area contributed by atoms with E-state index < -0.39 is 12.2 Å². The zero-order chi connectivity index (χ0) is 25.2. The summed E-state index contributed by atoms with van der Waals surface area (Å²) in [7, 11) is 1.56. The lowest BCUT2D eigenvalue weighted by molar-refractivity contribution is -0.121. The van der Waals surface area contributed by atoms with Gasteiger partial charge in [-0.1, -0.05) is 0 Å². The van der Waals surface area contributed by atoms with E-state index in [0.29, 0.717) is 28.4 Å². The Morgan fingerprint density at radius 2 is 2.00 bits per heavy atom. The molecule has 1 saturated heterocycles. The molecule has 3 heterocycles. The number of hydrogen-bond acceptors (Lipinski definition) is 7. The van der Waals surface area contributed by atoms with E-state index in [-0.39, 0.29) is 43.4 Å². The van der Waals surface area contributed by atoms with Crippen LogP contribution in [0.1, 0.15) is 6.42 Å². The summed E-state index contributed by atoms with van der Waals surface area (Å²) in [6.45, 7) is 0.614. The zero-order valence-corrected chi connectivity index (χ0v) is 20.3. The molecule has 5 rings (SSSR count). The second-order valence-corrected chi connectivity index (χ2v) is 9.45.